The van der Waals surface area contributed by atoms with Crippen LogP contribution in [-0.2, 0) is 6.42 Å². The van der Waals surface area contributed by atoms with Gasteiger partial charge in [0.15, 0.2) is 0 Å². The first-order valence-electron chi connectivity index (χ1n) is 4.25. The van der Waals surface area contributed by atoms with E-state index in [1.54, 1.807) is 0 Å². The van der Waals surface area contributed by atoms with E-state index in [1.807, 2.05) is 13.0 Å². The molecule has 0 bridgehead atoms. The van der Waals surface area contributed by atoms with Crippen molar-refractivity contribution in [2.24, 2.45) is 0 Å². The van der Waals surface area contributed by atoms with Gasteiger partial charge < -0.3 is 5.32 Å². The molecule has 0 saturated carbocycles. The van der Waals surface area contributed by atoms with Crippen molar-refractivity contribution in [3.63, 3.8) is 0 Å². The first-order valence-corrected chi connectivity index (χ1v) is 5.05. The average Bonchev–Trinajstić information content (AvgIpc) is 2.07. The van der Waals surface area contributed by atoms with Gasteiger partial charge in [0.2, 0.25) is 0 Å². The zero-order valence-corrected chi connectivity index (χ0v) is 8.94. The molecule has 3 heteroatoms. The van der Waals surface area contributed by atoms with Gasteiger partial charge in [-0.3, -0.25) is 4.79 Å². The second-order valence-electron chi connectivity index (χ2n) is 3.25. The minimum Gasteiger partial charge on any atom is -0.352 e. The van der Waals surface area contributed by atoms with Crippen LogP contribution in [0.15, 0.2) is 16.6 Å². The molecule has 13 heavy (non-hydrogen) atoms. The molecule has 0 radical (unpaired) electrons. The number of nitrogens with one attached hydrogen (secondary N) is 1. The quantitative estimate of drug-likeness (QED) is 0.738. The zero-order chi connectivity index (χ0) is 9.42. The fourth-order valence-corrected chi connectivity index (χ4v) is 2.28. The highest BCUT2D eigenvalue weighted by Crippen LogP contribution is 2.23. The molecular weight excluding hydrogens is 230 g/mol. The molecule has 1 heterocycles. The molecule has 1 aliphatic heterocycles. The maximum atomic E-state index is 11.5. The Bertz CT molecular complexity index is 373. The van der Waals surface area contributed by atoms with Crippen LogP contribution in [0.5, 0.6) is 0 Å². The fourth-order valence-electron chi connectivity index (χ4n) is 1.70. The molecule has 0 saturated heterocycles. The summed E-state index contributed by atoms with van der Waals surface area (Å²) in [6.45, 7) is 2.80. The molecule has 1 aliphatic rings. The number of carbonyl (C=O) groups is 1. The predicted molar refractivity (Wildman–Crippen MR) is 54.9 cm³/mol. The Balaban J connectivity index is 2.63. The van der Waals surface area contributed by atoms with Crippen molar-refractivity contribution in [1.29, 1.82) is 0 Å². The monoisotopic (exact) mass is 239 g/mol. The standard InChI is InChI=1S/C10H10BrNO/c1-6-4-7(11)5-9-8(6)2-3-12-10(9)13/h4-5H,2-3H2,1H3,(H,12,13). The Morgan fingerprint density at radius 1 is 1.46 bits per heavy atom. The third kappa shape index (κ3) is 1.48. The van der Waals surface area contributed by atoms with Crippen LogP contribution >= 0.6 is 15.9 Å². The molecule has 0 spiro atoms. The zero-order valence-electron chi connectivity index (χ0n) is 7.36. The third-order valence-corrected chi connectivity index (χ3v) is 2.80. The van der Waals surface area contributed by atoms with Crippen molar-refractivity contribution in [3.05, 3.63) is 33.3 Å². The Morgan fingerprint density at radius 3 is 3.00 bits per heavy atom. The number of benzene rings is 1. The van der Waals surface area contributed by atoms with Crippen molar-refractivity contribution in [3.8, 4) is 0 Å². The van der Waals surface area contributed by atoms with Crippen LogP contribution in [0.25, 0.3) is 0 Å². The Kier molecular flexibility index (Phi) is 2.12. The molecule has 0 unspecified atom stereocenters. The minimum atomic E-state index is 0.0469. The lowest BCUT2D eigenvalue weighted by Crippen LogP contribution is -2.32. The maximum absolute atomic E-state index is 11.5. The highest BCUT2D eigenvalue weighted by atomic mass is 79.9. The second kappa shape index (κ2) is 3.14. The van der Waals surface area contributed by atoms with E-state index in [1.165, 1.54) is 11.1 Å². The van der Waals surface area contributed by atoms with Crippen molar-refractivity contribution in [2.45, 2.75) is 13.3 Å². The van der Waals surface area contributed by atoms with Gasteiger partial charge in [-0.15, -0.1) is 0 Å². The van der Waals surface area contributed by atoms with Gasteiger partial charge in [0.25, 0.3) is 5.91 Å². The molecule has 68 valence electrons. The fraction of sp³-hybridized carbons (Fsp3) is 0.300. The largest absolute Gasteiger partial charge is 0.352 e. The molecule has 1 N–H and O–H groups in total. The number of hydrogen-bond donors (Lipinski definition) is 1. The number of aryl methyl sites for hydroxylation is 1. The Labute approximate surface area is 85.5 Å². The van der Waals surface area contributed by atoms with Crippen molar-refractivity contribution in [2.75, 3.05) is 6.54 Å². The Hall–Kier alpha value is -0.830. The smallest absolute Gasteiger partial charge is 0.251 e. The SMILES string of the molecule is Cc1cc(Br)cc2c1CCNC2=O. The lowest BCUT2D eigenvalue weighted by atomic mass is 9.96. The number of rotatable bonds is 0. The highest BCUT2D eigenvalue weighted by molar-refractivity contribution is 9.10. The van der Waals surface area contributed by atoms with E-state index in [-0.39, 0.29) is 5.91 Å². The lowest BCUT2D eigenvalue weighted by Gasteiger charge is -2.18. The van der Waals surface area contributed by atoms with Crippen LogP contribution in [0, 0.1) is 6.92 Å². The van der Waals surface area contributed by atoms with Crippen LogP contribution in [0.3, 0.4) is 0 Å². The number of fused-ring (bicyclic) bond motifs is 1. The van der Waals surface area contributed by atoms with E-state index in [4.69, 9.17) is 0 Å². The van der Waals surface area contributed by atoms with E-state index in [0.717, 1.165) is 23.0 Å². The van der Waals surface area contributed by atoms with Crippen molar-refractivity contribution >= 4 is 21.8 Å². The van der Waals surface area contributed by atoms with Crippen LogP contribution in [-0.4, -0.2) is 12.5 Å². The van der Waals surface area contributed by atoms with Gasteiger partial charge in [0, 0.05) is 16.6 Å². The average molecular weight is 240 g/mol. The van der Waals surface area contributed by atoms with E-state index < -0.39 is 0 Å². The maximum Gasteiger partial charge on any atom is 0.251 e. The molecule has 0 aliphatic carbocycles. The molecular formula is C10H10BrNO. The molecule has 0 fully saturated rings. The topological polar surface area (TPSA) is 29.1 Å². The van der Waals surface area contributed by atoms with E-state index in [9.17, 15) is 4.79 Å². The van der Waals surface area contributed by atoms with Gasteiger partial charge in [0.1, 0.15) is 0 Å². The van der Waals surface area contributed by atoms with Crippen LogP contribution in [0.2, 0.25) is 0 Å². The van der Waals surface area contributed by atoms with Gasteiger partial charge in [-0.05, 0) is 36.6 Å². The summed E-state index contributed by atoms with van der Waals surface area (Å²) in [6, 6.07) is 3.94. The van der Waals surface area contributed by atoms with Gasteiger partial charge in [-0.1, -0.05) is 15.9 Å². The summed E-state index contributed by atoms with van der Waals surface area (Å²) in [5, 5.41) is 2.83. The summed E-state index contributed by atoms with van der Waals surface area (Å²) >= 11 is 3.39. The summed E-state index contributed by atoms with van der Waals surface area (Å²) < 4.78 is 0.973. The van der Waals surface area contributed by atoms with Crippen molar-refractivity contribution < 1.29 is 4.79 Å². The predicted octanol–water partition coefficient (Wildman–Crippen LogP) is 2.04. The molecule has 1 aromatic carbocycles. The van der Waals surface area contributed by atoms with E-state index >= 15 is 0 Å². The first-order chi connectivity index (χ1) is 6.18. The summed E-state index contributed by atoms with van der Waals surface area (Å²) in [6.07, 6.45) is 0.945. The number of amides is 1. The summed E-state index contributed by atoms with van der Waals surface area (Å²) in [4.78, 5) is 11.5. The van der Waals surface area contributed by atoms with Crippen LogP contribution < -0.4 is 5.32 Å². The van der Waals surface area contributed by atoms with Gasteiger partial charge >= 0.3 is 0 Å². The normalized spacial score (nSPS) is 15.1. The van der Waals surface area contributed by atoms with E-state index in [2.05, 4.69) is 27.3 Å². The third-order valence-electron chi connectivity index (χ3n) is 2.34. The summed E-state index contributed by atoms with van der Waals surface area (Å²) in [5.41, 5.74) is 3.20. The number of carbonyl (C=O) groups excluding carboxylic acids is 1. The number of halogens is 1. The first kappa shape index (κ1) is 8.75. The van der Waals surface area contributed by atoms with Gasteiger partial charge in [-0.2, -0.15) is 0 Å². The van der Waals surface area contributed by atoms with Gasteiger partial charge in [0.05, 0.1) is 0 Å². The second-order valence-corrected chi connectivity index (χ2v) is 4.17. The summed E-state index contributed by atoms with van der Waals surface area (Å²) in [5.74, 6) is 0.0469. The molecule has 1 aromatic rings. The number of hydrogen-bond acceptors (Lipinski definition) is 1. The molecule has 1 amide bonds. The van der Waals surface area contributed by atoms with Gasteiger partial charge in [-0.25, -0.2) is 0 Å². The van der Waals surface area contributed by atoms with Crippen LogP contribution in [0.4, 0.5) is 0 Å². The molecule has 2 rings (SSSR count). The molecule has 0 aromatic heterocycles. The molecule has 0 atom stereocenters. The highest BCUT2D eigenvalue weighted by Gasteiger charge is 2.18. The minimum absolute atomic E-state index is 0.0469. The lowest BCUT2D eigenvalue weighted by molar-refractivity contribution is 0.0945. The molecule has 2 nitrogen and oxygen atoms in total. The Morgan fingerprint density at radius 2 is 2.23 bits per heavy atom. The summed E-state index contributed by atoms with van der Waals surface area (Å²) in [7, 11) is 0. The van der Waals surface area contributed by atoms with Crippen LogP contribution in [0.1, 0.15) is 21.5 Å². The van der Waals surface area contributed by atoms with E-state index in [0.29, 0.717) is 0 Å². The van der Waals surface area contributed by atoms with Crippen molar-refractivity contribution in [1.82, 2.24) is 5.32 Å².